The topological polar surface area (TPSA) is 82.3 Å². The first-order valence-electron chi connectivity index (χ1n) is 5.40. The number of aliphatic hydroxyl groups excluding tert-OH is 1. The predicted octanol–water partition coefficient (Wildman–Crippen LogP) is 1.52. The van der Waals surface area contributed by atoms with Gasteiger partial charge in [0.05, 0.1) is 30.9 Å². The summed E-state index contributed by atoms with van der Waals surface area (Å²) >= 11 is 0. The number of aliphatic hydroxyl groups is 1. The van der Waals surface area contributed by atoms with E-state index in [1.165, 1.54) is 12.1 Å². The van der Waals surface area contributed by atoms with Gasteiger partial charge in [-0.1, -0.05) is 0 Å². The second kappa shape index (κ2) is 6.25. The van der Waals surface area contributed by atoms with E-state index in [1.54, 1.807) is 0 Å². The van der Waals surface area contributed by atoms with E-state index in [-0.39, 0.29) is 5.69 Å². The first kappa shape index (κ1) is 15.8. The Balaban J connectivity index is 3.10. The molecule has 20 heavy (non-hydrogen) atoms. The highest BCUT2D eigenvalue weighted by Gasteiger charge is 2.34. The van der Waals surface area contributed by atoms with Crippen LogP contribution in [0.4, 0.5) is 18.9 Å². The molecule has 0 aliphatic heterocycles. The number of anilines is 1. The number of carbonyl (C=O) groups is 1. The quantitative estimate of drug-likeness (QED) is 0.821. The van der Waals surface area contributed by atoms with Crippen molar-refractivity contribution >= 4 is 11.7 Å². The second-order valence-electron chi connectivity index (χ2n) is 3.77. The van der Waals surface area contributed by atoms with E-state index >= 15 is 0 Å². The highest BCUT2D eigenvalue weighted by atomic mass is 19.4. The zero-order chi connectivity index (χ0) is 15.3. The van der Waals surface area contributed by atoms with E-state index in [2.05, 4.69) is 10.1 Å². The average molecular weight is 288 g/mol. The van der Waals surface area contributed by atoms with Gasteiger partial charge in [-0.2, -0.15) is 18.4 Å². The molecule has 0 fully saturated rings. The normalized spacial score (nSPS) is 12.4. The lowest BCUT2D eigenvalue weighted by atomic mass is 10.1. The van der Waals surface area contributed by atoms with Crippen molar-refractivity contribution in [3.8, 4) is 6.07 Å². The van der Waals surface area contributed by atoms with Crippen molar-refractivity contribution in [1.82, 2.24) is 0 Å². The standard InChI is InChI=1S/C12H11F3N2O3/c1-20-11(19)10(6-18)17-8-3-2-7(5-16)9(4-8)12(13,14)15/h2-4,10,17-18H,6H2,1H3/t10-/m1/s1. The van der Waals surface area contributed by atoms with Crippen LogP contribution in [0.2, 0.25) is 0 Å². The molecule has 0 saturated carbocycles. The number of hydrogen-bond acceptors (Lipinski definition) is 5. The molecule has 0 bridgehead atoms. The summed E-state index contributed by atoms with van der Waals surface area (Å²) < 4.78 is 42.6. The largest absolute Gasteiger partial charge is 0.467 e. The van der Waals surface area contributed by atoms with Crippen molar-refractivity contribution < 1.29 is 27.8 Å². The van der Waals surface area contributed by atoms with Gasteiger partial charge in [-0.3, -0.25) is 0 Å². The molecule has 108 valence electrons. The third-order valence-electron chi connectivity index (χ3n) is 2.45. The maximum Gasteiger partial charge on any atom is 0.417 e. The number of nitriles is 1. The molecular weight excluding hydrogens is 277 g/mol. The Kier molecular flexibility index (Phi) is 4.94. The molecule has 1 aromatic rings. The average Bonchev–Trinajstić information content (AvgIpc) is 2.42. The molecule has 0 aliphatic rings. The Hall–Kier alpha value is -2.27. The van der Waals surface area contributed by atoms with Crippen molar-refractivity contribution in [2.45, 2.75) is 12.2 Å². The van der Waals surface area contributed by atoms with Gasteiger partial charge in [0.25, 0.3) is 0 Å². The number of alkyl halides is 3. The van der Waals surface area contributed by atoms with Gasteiger partial charge in [0.2, 0.25) is 0 Å². The van der Waals surface area contributed by atoms with Gasteiger partial charge in [0.1, 0.15) is 6.04 Å². The fourth-order valence-corrected chi connectivity index (χ4v) is 1.49. The number of methoxy groups -OCH3 is 1. The van der Waals surface area contributed by atoms with Crippen LogP contribution in [-0.4, -0.2) is 30.8 Å². The molecule has 1 aromatic carbocycles. The van der Waals surface area contributed by atoms with E-state index < -0.39 is 35.9 Å². The lowest BCUT2D eigenvalue weighted by Crippen LogP contribution is -2.34. The van der Waals surface area contributed by atoms with E-state index in [0.717, 1.165) is 13.2 Å². The summed E-state index contributed by atoms with van der Waals surface area (Å²) in [4.78, 5) is 11.2. The van der Waals surface area contributed by atoms with Gasteiger partial charge in [-0.15, -0.1) is 0 Å². The third-order valence-corrected chi connectivity index (χ3v) is 2.45. The fraction of sp³-hybridized carbons (Fsp3) is 0.333. The minimum Gasteiger partial charge on any atom is -0.467 e. The zero-order valence-electron chi connectivity index (χ0n) is 10.4. The number of carbonyl (C=O) groups excluding carboxylic acids is 1. The van der Waals surface area contributed by atoms with Gasteiger partial charge in [0.15, 0.2) is 0 Å². The first-order chi connectivity index (χ1) is 9.33. The highest BCUT2D eigenvalue weighted by Crippen LogP contribution is 2.33. The smallest absolute Gasteiger partial charge is 0.417 e. The predicted molar refractivity (Wildman–Crippen MR) is 62.7 cm³/mol. The van der Waals surface area contributed by atoms with Crippen LogP contribution in [0.5, 0.6) is 0 Å². The van der Waals surface area contributed by atoms with Gasteiger partial charge in [0, 0.05) is 5.69 Å². The number of nitrogens with zero attached hydrogens (tertiary/aromatic N) is 1. The Labute approximate surface area is 112 Å². The van der Waals surface area contributed by atoms with Gasteiger partial charge in [-0.05, 0) is 18.2 Å². The van der Waals surface area contributed by atoms with Gasteiger partial charge >= 0.3 is 12.1 Å². The SMILES string of the molecule is COC(=O)[C@@H](CO)Nc1ccc(C#N)c(C(F)(F)F)c1. The summed E-state index contributed by atoms with van der Waals surface area (Å²) in [6, 6.07) is 3.14. The Morgan fingerprint density at radius 3 is 2.65 bits per heavy atom. The molecule has 8 heteroatoms. The number of nitrogens with one attached hydrogen (secondary N) is 1. The summed E-state index contributed by atoms with van der Waals surface area (Å²) in [5.74, 6) is -0.814. The fourth-order valence-electron chi connectivity index (χ4n) is 1.49. The van der Waals surface area contributed by atoms with Crippen LogP contribution in [0.3, 0.4) is 0 Å². The van der Waals surface area contributed by atoms with E-state index in [4.69, 9.17) is 10.4 Å². The molecule has 0 saturated heterocycles. The van der Waals surface area contributed by atoms with Crippen molar-refractivity contribution in [1.29, 1.82) is 5.26 Å². The number of halogens is 3. The van der Waals surface area contributed by atoms with E-state index in [0.29, 0.717) is 6.07 Å². The minimum absolute atomic E-state index is 0.0548. The Morgan fingerprint density at radius 2 is 2.20 bits per heavy atom. The van der Waals surface area contributed by atoms with E-state index in [9.17, 15) is 18.0 Å². The van der Waals surface area contributed by atoms with Crippen LogP contribution >= 0.6 is 0 Å². The summed E-state index contributed by atoms with van der Waals surface area (Å²) in [5, 5.41) is 20.0. The van der Waals surface area contributed by atoms with Crippen LogP contribution in [0.25, 0.3) is 0 Å². The van der Waals surface area contributed by atoms with Crippen LogP contribution in [0.15, 0.2) is 18.2 Å². The number of benzene rings is 1. The molecule has 1 rings (SSSR count). The zero-order valence-corrected chi connectivity index (χ0v) is 10.4. The number of esters is 1. The van der Waals surface area contributed by atoms with Crippen molar-refractivity contribution in [2.24, 2.45) is 0 Å². The molecule has 2 N–H and O–H groups in total. The van der Waals surface area contributed by atoms with Crippen LogP contribution in [0.1, 0.15) is 11.1 Å². The molecule has 0 spiro atoms. The lowest BCUT2D eigenvalue weighted by Gasteiger charge is -2.17. The first-order valence-corrected chi connectivity index (χ1v) is 5.40. The third kappa shape index (κ3) is 3.61. The summed E-state index contributed by atoms with van der Waals surface area (Å²) in [6.07, 6.45) is -4.69. The molecule has 0 amide bonds. The summed E-state index contributed by atoms with van der Waals surface area (Å²) in [6.45, 7) is -0.645. The molecule has 0 heterocycles. The molecular formula is C12H11F3N2O3. The van der Waals surface area contributed by atoms with Gasteiger partial charge < -0.3 is 15.2 Å². The maximum absolute atomic E-state index is 12.7. The summed E-state index contributed by atoms with van der Waals surface area (Å²) in [7, 11) is 1.09. The second-order valence-corrected chi connectivity index (χ2v) is 3.77. The monoisotopic (exact) mass is 288 g/mol. The number of hydrogen-bond donors (Lipinski definition) is 2. The maximum atomic E-state index is 12.7. The van der Waals surface area contributed by atoms with Crippen LogP contribution in [0, 0.1) is 11.3 Å². The molecule has 0 radical (unpaired) electrons. The number of ether oxygens (including phenoxy) is 1. The van der Waals surface area contributed by atoms with Crippen molar-refractivity contribution in [3.63, 3.8) is 0 Å². The summed E-state index contributed by atoms with van der Waals surface area (Å²) in [5.41, 5.74) is -1.70. The molecule has 0 aromatic heterocycles. The Bertz CT molecular complexity index is 538. The molecule has 0 aliphatic carbocycles. The highest BCUT2D eigenvalue weighted by molar-refractivity contribution is 5.79. The molecule has 5 nitrogen and oxygen atoms in total. The lowest BCUT2D eigenvalue weighted by molar-refractivity contribution is -0.142. The molecule has 0 unspecified atom stereocenters. The van der Waals surface area contributed by atoms with Crippen molar-refractivity contribution in [2.75, 3.05) is 19.0 Å². The van der Waals surface area contributed by atoms with Crippen LogP contribution in [-0.2, 0) is 15.7 Å². The molecule has 1 atom stereocenters. The Morgan fingerprint density at radius 1 is 1.55 bits per heavy atom. The van der Waals surface area contributed by atoms with Crippen molar-refractivity contribution in [3.05, 3.63) is 29.3 Å². The van der Waals surface area contributed by atoms with E-state index in [1.807, 2.05) is 0 Å². The van der Waals surface area contributed by atoms with Crippen LogP contribution < -0.4 is 5.32 Å². The van der Waals surface area contributed by atoms with Gasteiger partial charge in [-0.25, -0.2) is 4.79 Å². The number of rotatable bonds is 4. The minimum atomic E-state index is -4.69.